The first-order valence-electron chi connectivity index (χ1n) is 4.42. The Morgan fingerprint density at radius 1 is 1.54 bits per heavy atom. The molecule has 1 aliphatic rings. The molecule has 1 aromatic rings. The summed E-state index contributed by atoms with van der Waals surface area (Å²) in [6, 6.07) is 6.28. The number of rotatable bonds is 1. The van der Waals surface area contributed by atoms with E-state index in [1.165, 1.54) is 5.56 Å². The lowest BCUT2D eigenvalue weighted by molar-refractivity contribution is 0.644. The van der Waals surface area contributed by atoms with E-state index in [0.717, 1.165) is 13.1 Å². The quantitative estimate of drug-likeness (QED) is 0.686. The van der Waals surface area contributed by atoms with Crippen molar-refractivity contribution in [1.29, 1.82) is 5.26 Å². The van der Waals surface area contributed by atoms with Crippen LogP contribution in [0.5, 0.6) is 0 Å². The predicted octanol–water partition coefficient (Wildman–Crippen LogP) is 0.908. The molecule has 0 amide bonds. The Balaban J connectivity index is 2.22. The minimum Gasteiger partial charge on any atom is -0.315 e. The number of aromatic nitrogens is 1. The van der Waals surface area contributed by atoms with Gasteiger partial charge in [0.05, 0.1) is 12.0 Å². The van der Waals surface area contributed by atoms with E-state index in [4.69, 9.17) is 5.26 Å². The summed E-state index contributed by atoms with van der Waals surface area (Å²) >= 11 is 0. The average molecular weight is 173 g/mol. The van der Waals surface area contributed by atoms with Gasteiger partial charge in [-0.2, -0.15) is 5.26 Å². The summed E-state index contributed by atoms with van der Waals surface area (Å²) in [6.45, 7) is 1.69. The second-order valence-electron chi connectivity index (χ2n) is 3.29. The van der Waals surface area contributed by atoms with Gasteiger partial charge in [-0.25, -0.2) is 0 Å². The van der Waals surface area contributed by atoms with Gasteiger partial charge in [-0.3, -0.25) is 4.98 Å². The number of pyridine rings is 1. The Morgan fingerprint density at radius 2 is 2.46 bits per heavy atom. The van der Waals surface area contributed by atoms with Crippen molar-refractivity contribution >= 4 is 0 Å². The van der Waals surface area contributed by atoms with Crippen LogP contribution in [0, 0.1) is 17.2 Å². The van der Waals surface area contributed by atoms with Crippen LogP contribution in [0.3, 0.4) is 0 Å². The Labute approximate surface area is 77.4 Å². The van der Waals surface area contributed by atoms with Gasteiger partial charge < -0.3 is 5.32 Å². The second-order valence-corrected chi connectivity index (χ2v) is 3.29. The van der Waals surface area contributed by atoms with Crippen LogP contribution in [0.1, 0.15) is 11.5 Å². The van der Waals surface area contributed by atoms with E-state index in [9.17, 15) is 0 Å². The zero-order valence-electron chi connectivity index (χ0n) is 7.27. The van der Waals surface area contributed by atoms with Crippen LogP contribution in [0.2, 0.25) is 0 Å². The van der Waals surface area contributed by atoms with Crippen molar-refractivity contribution in [3.63, 3.8) is 0 Å². The Hall–Kier alpha value is -1.40. The topological polar surface area (TPSA) is 48.7 Å². The van der Waals surface area contributed by atoms with Crippen molar-refractivity contribution < 1.29 is 0 Å². The van der Waals surface area contributed by atoms with Crippen molar-refractivity contribution in [2.24, 2.45) is 5.92 Å². The van der Waals surface area contributed by atoms with Crippen LogP contribution in [0.4, 0.5) is 0 Å². The molecule has 2 rings (SSSR count). The summed E-state index contributed by atoms with van der Waals surface area (Å²) < 4.78 is 0. The average Bonchev–Trinajstić information content (AvgIpc) is 2.67. The standard InChI is InChI=1S/C10H11N3/c11-4-9-6-13-7-10(9)8-2-1-3-12-5-8/h1-3,5,9-10,13H,6-7H2/t9-,10+/m0/s1. The molecule has 0 saturated carbocycles. The van der Waals surface area contributed by atoms with Crippen LogP contribution in [-0.2, 0) is 0 Å². The summed E-state index contributed by atoms with van der Waals surface area (Å²) in [6.07, 6.45) is 3.61. The minimum absolute atomic E-state index is 0.101. The maximum absolute atomic E-state index is 8.89. The molecule has 0 bridgehead atoms. The molecular formula is C10H11N3. The predicted molar refractivity (Wildman–Crippen MR) is 49.0 cm³/mol. The lowest BCUT2D eigenvalue weighted by Crippen LogP contribution is -2.08. The maximum atomic E-state index is 8.89. The molecule has 1 saturated heterocycles. The fourth-order valence-electron chi connectivity index (χ4n) is 1.76. The molecule has 13 heavy (non-hydrogen) atoms. The van der Waals surface area contributed by atoms with Gasteiger partial charge in [0.25, 0.3) is 0 Å². The Morgan fingerprint density at radius 3 is 3.15 bits per heavy atom. The molecule has 1 aliphatic heterocycles. The van der Waals surface area contributed by atoms with Crippen LogP contribution in [0.15, 0.2) is 24.5 Å². The monoisotopic (exact) mass is 173 g/mol. The van der Waals surface area contributed by atoms with Gasteiger partial charge >= 0.3 is 0 Å². The van der Waals surface area contributed by atoms with Crippen LogP contribution in [0.25, 0.3) is 0 Å². The first kappa shape index (κ1) is 8.21. The number of nitrogens with one attached hydrogen (secondary N) is 1. The van der Waals surface area contributed by atoms with E-state index < -0.39 is 0 Å². The summed E-state index contributed by atoms with van der Waals surface area (Å²) in [5, 5.41) is 12.1. The molecule has 3 nitrogen and oxygen atoms in total. The zero-order chi connectivity index (χ0) is 9.10. The molecule has 0 spiro atoms. The van der Waals surface area contributed by atoms with E-state index in [0.29, 0.717) is 5.92 Å². The van der Waals surface area contributed by atoms with Gasteiger partial charge in [0, 0.05) is 31.4 Å². The molecule has 1 aromatic heterocycles. The van der Waals surface area contributed by atoms with Crippen molar-refractivity contribution in [1.82, 2.24) is 10.3 Å². The first-order chi connectivity index (χ1) is 6.42. The maximum Gasteiger partial charge on any atom is 0.0676 e. The molecule has 66 valence electrons. The van der Waals surface area contributed by atoms with Crippen LogP contribution in [-0.4, -0.2) is 18.1 Å². The number of hydrogen-bond donors (Lipinski definition) is 1. The summed E-state index contributed by atoms with van der Waals surface area (Å²) in [5.41, 5.74) is 1.17. The first-order valence-corrected chi connectivity index (χ1v) is 4.42. The second kappa shape index (κ2) is 3.55. The van der Waals surface area contributed by atoms with E-state index in [-0.39, 0.29) is 5.92 Å². The van der Waals surface area contributed by atoms with Crippen molar-refractivity contribution in [2.45, 2.75) is 5.92 Å². The zero-order valence-corrected chi connectivity index (χ0v) is 7.27. The van der Waals surface area contributed by atoms with Gasteiger partial charge in [-0.1, -0.05) is 6.07 Å². The van der Waals surface area contributed by atoms with Crippen LogP contribution < -0.4 is 5.32 Å². The highest BCUT2D eigenvalue weighted by Crippen LogP contribution is 2.26. The summed E-state index contributed by atoms with van der Waals surface area (Å²) in [7, 11) is 0. The molecule has 0 unspecified atom stereocenters. The van der Waals surface area contributed by atoms with Crippen molar-refractivity contribution in [3.8, 4) is 6.07 Å². The molecule has 3 heteroatoms. The van der Waals surface area contributed by atoms with E-state index >= 15 is 0 Å². The number of hydrogen-bond acceptors (Lipinski definition) is 3. The highest BCUT2D eigenvalue weighted by Gasteiger charge is 2.27. The van der Waals surface area contributed by atoms with Crippen LogP contribution >= 0.6 is 0 Å². The third-order valence-electron chi connectivity index (χ3n) is 2.49. The molecule has 2 atom stereocenters. The lowest BCUT2D eigenvalue weighted by Gasteiger charge is -2.10. The Kier molecular flexibility index (Phi) is 2.24. The highest BCUT2D eigenvalue weighted by molar-refractivity contribution is 5.21. The Bertz CT molecular complexity index is 315. The smallest absolute Gasteiger partial charge is 0.0676 e. The fourth-order valence-corrected chi connectivity index (χ4v) is 1.76. The molecule has 0 aliphatic carbocycles. The molecule has 0 radical (unpaired) electrons. The third-order valence-corrected chi connectivity index (χ3v) is 2.49. The molecule has 1 N–H and O–H groups in total. The number of nitrogens with zero attached hydrogens (tertiary/aromatic N) is 2. The summed E-state index contributed by atoms with van der Waals surface area (Å²) in [5.74, 6) is 0.419. The molecular weight excluding hydrogens is 162 g/mol. The number of nitriles is 1. The minimum atomic E-state index is 0.101. The van der Waals surface area contributed by atoms with E-state index in [2.05, 4.69) is 16.4 Å². The van der Waals surface area contributed by atoms with Crippen molar-refractivity contribution in [2.75, 3.05) is 13.1 Å². The SMILES string of the molecule is N#C[C@H]1CNC[C@@H]1c1cccnc1. The van der Waals surface area contributed by atoms with Gasteiger partial charge in [0.2, 0.25) is 0 Å². The molecule has 0 aromatic carbocycles. The van der Waals surface area contributed by atoms with Gasteiger partial charge in [-0.05, 0) is 11.6 Å². The lowest BCUT2D eigenvalue weighted by atomic mass is 9.91. The third kappa shape index (κ3) is 1.53. The molecule has 1 fully saturated rings. The van der Waals surface area contributed by atoms with Gasteiger partial charge in [-0.15, -0.1) is 0 Å². The summed E-state index contributed by atoms with van der Waals surface area (Å²) in [4.78, 5) is 4.06. The van der Waals surface area contributed by atoms with Crippen molar-refractivity contribution in [3.05, 3.63) is 30.1 Å². The van der Waals surface area contributed by atoms with E-state index in [1.807, 2.05) is 18.3 Å². The van der Waals surface area contributed by atoms with Gasteiger partial charge in [0.15, 0.2) is 0 Å². The largest absolute Gasteiger partial charge is 0.315 e. The van der Waals surface area contributed by atoms with Gasteiger partial charge in [0.1, 0.15) is 0 Å². The van der Waals surface area contributed by atoms with E-state index in [1.54, 1.807) is 6.20 Å². The normalized spacial score (nSPS) is 27.0. The molecule has 2 heterocycles. The fraction of sp³-hybridized carbons (Fsp3) is 0.400. The highest BCUT2D eigenvalue weighted by atomic mass is 14.9.